The Kier molecular flexibility index (Phi) is 6.92. The predicted octanol–water partition coefficient (Wildman–Crippen LogP) is 7.02. The van der Waals surface area contributed by atoms with Crippen LogP contribution in [0.5, 0.6) is 0 Å². The van der Waals surface area contributed by atoms with Gasteiger partial charge in [-0.25, -0.2) is 0 Å². The molecule has 9 atom stereocenters. The zero-order chi connectivity index (χ0) is 22.2. The van der Waals surface area contributed by atoms with Gasteiger partial charge in [0.05, 0.1) is 6.10 Å². The van der Waals surface area contributed by atoms with Crippen molar-refractivity contribution in [1.29, 1.82) is 0 Å². The lowest BCUT2D eigenvalue weighted by atomic mass is 9.44. The predicted molar refractivity (Wildman–Crippen MR) is 129 cm³/mol. The highest BCUT2D eigenvalue weighted by Gasteiger charge is 2.60. The van der Waals surface area contributed by atoms with Crippen molar-refractivity contribution in [1.82, 2.24) is 10.2 Å². The molecule has 4 fully saturated rings. The first-order valence-corrected chi connectivity index (χ1v) is 13.6. The number of aromatic amines is 1. The zero-order valence-electron chi connectivity index (χ0n) is 20.9. The fourth-order valence-corrected chi connectivity index (χ4v) is 9.22. The molecule has 0 radical (unpaired) electrons. The first-order chi connectivity index (χ1) is 14.9. The summed E-state index contributed by atoms with van der Waals surface area (Å²) in [7, 11) is 0. The Labute approximate surface area is 191 Å². The van der Waals surface area contributed by atoms with E-state index in [1.165, 1.54) is 57.1 Å². The molecule has 1 aromatic rings. The number of fused-ring (bicyclic) bond motifs is 5. The van der Waals surface area contributed by atoms with Gasteiger partial charge in [0.15, 0.2) is 0 Å². The van der Waals surface area contributed by atoms with Crippen LogP contribution < -0.4 is 0 Å². The SMILES string of the molecule is CC.CC(CCc1ccn[nH]1)C1CCC2C3CCC4CC(O)CCC4(C)C3CCC12C. The van der Waals surface area contributed by atoms with Crippen LogP contribution in [-0.4, -0.2) is 21.4 Å². The van der Waals surface area contributed by atoms with Gasteiger partial charge in [0.25, 0.3) is 0 Å². The Morgan fingerprint density at radius 2 is 1.77 bits per heavy atom. The molecule has 9 unspecified atom stereocenters. The number of H-pyrrole nitrogens is 1. The first-order valence-electron chi connectivity index (χ1n) is 13.6. The number of nitrogens with one attached hydrogen (secondary N) is 1. The van der Waals surface area contributed by atoms with E-state index in [1.54, 1.807) is 0 Å². The van der Waals surface area contributed by atoms with Crippen molar-refractivity contribution in [2.45, 2.75) is 111 Å². The third kappa shape index (κ3) is 4.02. The summed E-state index contributed by atoms with van der Waals surface area (Å²) in [6.07, 6.45) is 16.3. The Balaban J connectivity index is 0.00000112. The van der Waals surface area contributed by atoms with Gasteiger partial charge in [-0.3, -0.25) is 5.10 Å². The molecule has 5 rings (SSSR count). The van der Waals surface area contributed by atoms with E-state index in [9.17, 15) is 5.11 Å². The monoisotopic (exact) mass is 428 g/mol. The van der Waals surface area contributed by atoms with Gasteiger partial charge >= 0.3 is 0 Å². The Hall–Kier alpha value is -0.830. The van der Waals surface area contributed by atoms with Crippen LogP contribution >= 0.6 is 0 Å². The van der Waals surface area contributed by atoms with E-state index in [2.05, 4.69) is 37.0 Å². The molecule has 0 saturated heterocycles. The van der Waals surface area contributed by atoms with E-state index in [-0.39, 0.29) is 6.10 Å². The van der Waals surface area contributed by atoms with E-state index in [0.29, 0.717) is 10.8 Å². The Morgan fingerprint density at radius 3 is 2.52 bits per heavy atom. The summed E-state index contributed by atoms with van der Waals surface area (Å²) in [4.78, 5) is 0. The number of aliphatic hydroxyl groups excluding tert-OH is 1. The minimum Gasteiger partial charge on any atom is -0.393 e. The van der Waals surface area contributed by atoms with Crippen LogP contribution in [0.1, 0.15) is 105 Å². The minimum atomic E-state index is -0.0231. The van der Waals surface area contributed by atoms with Gasteiger partial charge in [-0.1, -0.05) is 34.6 Å². The molecule has 4 saturated carbocycles. The second-order valence-corrected chi connectivity index (χ2v) is 11.9. The number of aryl methyl sites for hydroxylation is 1. The molecule has 0 bridgehead atoms. The van der Waals surface area contributed by atoms with Gasteiger partial charge < -0.3 is 5.11 Å². The molecule has 0 spiro atoms. The van der Waals surface area contributed by atoms with E-state index < -0.39 is 0 Å². The lowest BCUT2D eigenvalue weighted by molar-refractivity contribution is -0.129. The van der Waals surface area contributed by atoms with Crippen molar-refractivity contribution >= 4 is 0 Å². The summed E-state index contributed by atoms with van der Waals surface area (Å²) in [5.41, 5.74) is 2.37. The number of hydrogen-bond acceptors (Lipinski definition) is 2. The number of rotatable bonds is 4. The highest BCUT2D eigenvalue weighted by Crippen LogP contribution is 2.68. The lowest BCUT2D eigenvalue weighted by Crippen LogP contribution is -2.54. The van der Waals surface area contributed by atoms with E-state index in [0.717, 1.165) is 54.8 Å². The topological polar surface area (TPSA) is 48.9 Å². The van der Waals surface area contributed by atoms with Gasteiger partial charge in [0.2, 0.25) is 0 Å². The molecule has 1 heterocycles. The summed E-state index contributed by atoms with van der Waals surface area (Å²) in [6, 6.07) is 2.14. The van der Waals surface area contributed by atoms with Gasteiger partial charge in [0.1, 0.15) is 0 Å². The quantitative estimate of drug-likeness (QED) is 0.541. The summed E-state index contributed by atoms with van der Waals surface area (Å²) >= 11 is 0. The van der Waals surface area contributed by atoms with Crippen molar-refractivity contribution in [3.63, 3.8) is 0 Å². The van der Waals surface area contributed by atoms with Crippen molar-refractivity contribution < 1.29 is 5.11 Å². The number of aliphatic hydroxyl groups is 1. The maximum atomic E-state index is 10.3. The second kappa shape index (κ2) is 9.20. The molecule has 31 heavy (non-hydrogen) atoms. The van der Waals surface area contributed by atoms with Crippen molar-refractivity contribution in [3.05, 3.63) is 18.0 Å². The van der Waals surface area contributed by atoms with Gasteiger partial charge in [-0.15, -0.1) is 0 Å². The molecule has 3 nitrogen and oxygen atoms in total. The number of nitrogens with zero attached hydrogens (tertiary/aromatic N) is 1. The van der Waals surface area contributed by atoms with Crippen LogP contribution in [0.15, 0.2) is 12.3 Å². The minimum absolute atomic E-state index is 0.0231. The second-order valence-electron chi connectivity index (χ2n) is 11.9. The third-order valence-corrected chi connectivity index (χ3v) is 10.8. The normalized spacial score (nSPS) is 45.0. The van der Waals surface area contributed by atoms with E-state index >= 15 is 0 Å². The van der Waals surface area contributed by atoms with Crippen LogP contribution in [0.2, 0.25) is 0 Å². The van der Waals surface area contributed by atoms with E-state index in [1.807, 2.05) is 20.0 Å². The molecule has 4 aliphatic carbocycles. The molecule has 2 N–H and O–H groups in total. The largest absolute Gasteiger partial charge is 0.393 e. The van der Waals surface area contributed by atoms with Crippen LogP contribution in [0.3, 0.4) is 0 Å². The molecule has 0 amide bonds. The summed E-state index contributed by atoms with van der Waals surface area (Å²) < 4.78 is 0. The fraction of sp³-hybridized carbons (Fsp3) is 0.893. The molecule has 1 aromatic heterocycles. The molecular formula is C28H48N2O. The highest BCUT2D eigenvalue weighted by atomic mass is 16.3. The molecule has 0 aliphatic heterocycles. The van der Waals surface area contributed by atoms with E-state index in [4.69, 9.17) is 0 Å². The van der Waals surface area contributed by atoms with Gasteiger partial charge in [-0.2, -0.15) is 5.10 Å². The summed E-state index contributed by atoms with van der Waals surface area (Å²) in [5, 5.41) is 17.5. The maximum absolute atomic E-state index is 10.3. The summed E-state index contributed by atoms with van der Waals surface area (Å²) in [6.45, 7) is 11.8. The molecule has 3 heteroatoms. The van der Waals surface area contributed by atoms with Crippen LogP contribution in [0.25, 0.3) is 0 Å². The van der Waals surface area contributed by atoms with Crippen LogP contribution in [0, 0.1) is 46.3 Å². The highest BCUT2D eigenvalue weighted by molar-refractivity contribution is 5.10. The van der Waals surface area contributed by atoms with Crippen LogP contribution in [-0.2, 0) is 6.42 Å². The number of aromatic nitrogens is 2. The first kappa shape index (κ1) is 23.3. The maximum Gasteiger partial charge on any atom is 0.0543 e. The fourth-order valence-electron chi connectivity index (χ4n) is 9.22. The van der Waals surface area contributed by atoms with Crippen molar-refractivity contribution in [2.75, 3.05) is 0 Å². The zero-order valence-corrected chi connectivity index (χ0v) is 20.9. The molecular weight excluding hydrogens is 380 g/mol. The summed E-state index contributed by atoms with van der Waals surface area (Å²) in [5.74, 6) is 5.31. The standard InChI is InChI=1S/C26H42N2O.C2H6/c1-17(4-6-19-12-15-27-28-19)22-8-9-23-21-7-5-18-16-20(29)10-13-25(18,2)24(21)11-14-26(22,23)3;1-2/h12,15,17-18,20-24,29H,4-11,13-14,16H2,1-3H3,(H,27,28);1-2H3. The van der Waals surface area contributed by atoms with Gasteiger partial charge in [0, 0.05) is 11.9 Å². The molecule has 0 aromatic carbocycles. The van der Waals surface area contributed by atoms with Crippen LogP contribution in [0.4, 0.5) is 0 Å². The smallest absolute Gasteiger partial charge is 0.0543 e. The average molecular weight is 429 g/mol. The van der Waals surface area contributed by atoms with Gasteiger partial charge in [-0.05, 0) is 123 Å². The molecule has 4 aliphatic rings. The average Bonchev–Trinajstić information content (AvgIpc) is 3.41. The third-order valence-electron chi connectivity index (χ3n) is 10.8. The van der Waals surface area contributed by atoms with Crippen molar-refractivity contribution in [3.8, 4) is 0 Å². The number of hydrogen-bond donors (Lipinski definition) is 2. The van der Waals surface area contributed by atoms with Crippen molar-refractivity contribution in [2.24, 2.45) is 46.3 Å². The Bertz CT molecular complexity index is 702. The molecule has 176 valence electrons. The Morgan fingerprint density at radius 1 is 1.03 bits per heavy atom. The lowest BCUT2D eigenvalue weighted by Gasteiger charge is -2.61.